The highest BCUT2D eigenvalue weighted by Gasteiger charge is 2.30. The van der Waals surface area contributed by atoms with Crippen molar-refractivity contribution in [3.05, 3.63) is 94.8 Å². The lowest BCUT2D eigenvalue weighted by molar-refractivity contribution is -0.139. The highest BCUT2D eigenvalue weighted by molar-refractivity contribution is 5.81. The third kappa shape index (κ3) is 4.16. The molecule has 0 aromatic heterocycles. The molecule has 1 aliphatic carbocycles. The number of alkyl carbamates (subject to hydrolysis) is 1. The van der Waals surface area contributed by atoms with Crippen LogP contribution in [0.15, 0.2) is 60.7 Å². The number of nitrogens with one attached hydrogen (secondary N) is 1. The van der Waals surface area contributed by atoms with Crippen molar-refractivity contribution in [1.29, 1.82) is 0 Å². The predicted molar refractivity (Wildman–Crippen MR) is 110 cm³/mol. The van der Waals surface area contributed by atoms with Gasteiger partial charge in [0.05, 0.1) is 0 Å². The minimum Gasteiger partial charge on any atom is -0.480 e. The van der Waals surface area contributed by atoms with Gasteiger partial charge < -0.3 is 15.2 Å². The molecular formula is C24H18F3NO4. The summed E-state index contributed by atoms with van der Waals surface area (Å²) >= 11 is 0. The number of amides is 1. The number of carbonyl (C=O) groups is 2. The maximum atomic E-state index is 13.9. The van der Waals surface area contributed by atoms with E-state index in [4.69, 9.17) is 4.74 Å². The number of carbonyl (C=O) groups excluding carboxylic acids is 1. The molecule has 1 atom stereocenters. The second kappa shape index (κ2) is 8.74. The molecule has 4 rings (SSSR count). The largest absolute Gasteiger partial charge is 0.480 e. The normalized spacial score (nSPS) is 13.2. The minimum absolute atomic E-state index is 0.0501. The average Bonchev–Trinajstić information content (AvgIpc) is 3.07. The van der Waals surface area contributed by atoms with Gasteiger partial charge in [0, 0.05) is 30.0 Å². The molecule has 32 heavy (non-hydrogen) atoms. The summed E-state index contributed by atoms with van der Waals surface area (Å²) in [5.41, 5.74) is 3.38. The van der Waals surface area contributed by atoms with Crippen molar-refractivity contribution in [1.82, 2.24) is 5.32 Å². The van der Waals surface area contributed by atoms with Crippen LogP contribution < -0.4 is 5.32 Å². The smallest absolute Gasteiger partial charge is 0.407 e. The lowest BCUT2D eigenvalue weighted by atomic mass is 9.98. The Morgan fingerprint density at radius 1 is 0.938 bits per heavy atom. The lowest BCUT2D eigenvalue weighted by Gasteiger charge is -2.18. The number of ether oxygens (including phenoxy) is 1. The third-order valence-corrected chi connectivity index (χ3v) is 5.45. The summed E-state index contributed by atoms with van der Waals surface area (Å²) in [6.45, 7) is -0.0501. The molecule has 2 N–H and O–H groups in total. The zero-order chi connectivity index (χ0) is 22.8. The maximum Gasteiger partial charge on any atom is 0.407 e. The number of halogens is 3. The van der Waals surface area contributed by atoms with Gasteiger partial charge in [-0.15, -0.1) is 0 Å². The van der Waals surface area contributed by atoms with Crippen molar-refractivity contribution in [2.45, 2.75) is 18.4 Å². The van der Waals surface area contributed by atoms with Crippen LogP contribution in [0.5, 0.6) is 0 Å². The van der Waals surface area contributed by atoms with E-state index in [1.165, 1.54) is 0 Å². The molecule has 0 bridgehead atoms. The summed E-state index contributed by atoms with van der Waals surface area (Å²) in [5, 5.41) is 11.5. The van der Waals surface area contributed by atoms with E-state index >= 15 is 0 Å². The van der Waals surface area contributed by atoms with Gasteiger partial charge in [-0.2, -0.15) is 0 Å². The van der Waals surface area contributed by atoms with Crippen LogP contribution in [0.2, 0.25) is 0 Å². The standard InChI is InChI=1S/C24H18F3NO4/c25-13-9-20(26)18(21(27)10-13)11-22(23(29)30)28-24(31)32-12-19-16-7-3-1-5-14(16)15-6-2-4-8-17(15)19/h1-10,19,22H,11-12H2,(H,28,31)(H,29,30)/t22-/m0/s1. The van der Waals surface area contributed by atoms with Gasteiger partial charge in [0.15, 0.2) is 0 Å². The second-order valence-electron chi connectivity index (χ2n) is 7.41. The Labute approximate surface area is 181 Å². The minimum atomic E-state index is -1.67. The van der Waals surface area contributed by atoms with E-state index < -0.39 is 47.5 Å². The summed E-state index contributed by atoms with van der Waals surface area (Å²) in [6, 6.07) is 14.6. The Hall–Kier alpha value is -3.81. The summed E-state index contributed by atoms with van der Waals surface area (Å²) in [6.07, 6.45) is -1.75. The second-order valence-corrected chi connectivity index (χ2v) is 7.41. The van der Waals surface area contributed by atoms with Crippen molar-refractivity contribution in [2.24, 2.45) is 0 Å². The number of fused-ring (bicyclic) bond motifs is 3. The van der Waals surface area contributed by atoms with E-state index in [0.717, 1.165) is 22.3 Å². The number of hydrogen-bond donors (Lipinski definition) is 2. The van der Waals surface area contributed by atoms with Crippen molar-refractivity contribution >= 4 is 12.1 Å². The number of aliphatic carboxylic acids is 1. The molecule has 5 nitrogen and oxygen atoms in total. The topological polar surface area (TPSA) is 75.6 Å². The van der Waals surface area contributed by atoms with Gasteiger partial charge in [0.25, 0.3) is 0 Å². The fraction of sp³-hybridized carbons (Fsp3) is 0.167. The first-order valence-electron chi connectivity index (χ1n) is 9.83. The summed E-state index contributed by atoms with van der Waals surface area (Å²) in [7, 11) is 0. The molecule has 0 heterocycles. The van der Waals surface area contributed by atoms with Crippen LogP contribution in [0.1, 0.15) is 22.6 Å². The molecule has 3 aromatic carbocycles. The molecule has 3 aromatic rings. The molecule has 0 radical (unpaired) electrons. The van der Waals surface area contributed by atoms with Crippen LogP contribution in [0.4, 0.5) is 18.0 Å². The highest BCUT2D eigenvalue weighted by Crippen LogP contribution is 2.44. The molecule has 8 heteroatoms. The first-order chi connectivity index (χ1) is 15.3. The number of hydrogen-bond acceptors (Lipinski definition) is 3. The molecule has 1 amide bonds. The fourth-order valence-corrected chi connectivity index (χ4v) is 3.95. The van der Waals surface area contributed by atoms with Gasteiger partial charge in [0.2, 0.25) is 0 Å². The van der Waals surface area contributed by atoms with Crippen molar-refractivity contribution < 1.29 is 32.6 Å². The summed E-state index contributed by atoms with van der Waals surface area (Å²) in [4.78, 5) is 23.8. The first-order valence-corrected chi connectivity index (χ1v) is 9.83. The van der Waals surface area contributed by atoms with Gasteiger partial charge >= 0.3 is 12.1 Å². The zero-order valence-electron chi connectivity index (χ0n) is 16.6. The zero-order valence-corrected chi connectivity index (χ0v) is 16.6. The van der Waals surface area contributed by atoms with Crippen LogP contribution in [0.3, 0.4) is 0 Å². The number of carboxylic acids is 1. The maximum absolute atomic E-state index is 13.9. The van der Waals surface area contributed by atoms with E-state index in [9.17, 15) is 27.9 Å². The molecule has 164 valence electrons. The van der Waals surface area contributed by atoms with Gasteiger partial charge in [-0.25, -0.2) is 22.8 Å². The molecule has 0 spiro atoms. The Bertz CT molecular complexity index is 1130. The third-order valence-electron chi connectivity index (χ3n) is 5.45. The van der Waals surface area contributed by atoms with Crippen molar-refractivity contribution in [3.63, 3.8) is 0 Å². The molecule has 0 saturated carbocycles. The van der Waals surface area contributed by atoms with Crippen molar-refractivity contribution in [2.75, 3.05) is 6.61 Å². The molecule has 1 aliphatic rings. The predicted octanol–water partition coefficient (Wildman–Crippen LogP) is 4.64. The van der Waals surface area contributed by atoms with Crippen molar-refractivity contribution in [3.8, 4) is 11.1 Å². The van der Waals surface area contributed by atoms with Crippen LogP contribution in [0.25, 0.3) is 11.1 Å². The monoisotopic (exact) mass is 441 g/mol. The quantitative estimate of drug-likeness (QED) is 0.585. The van der Waals surface area contributed by atoms with E-state index in [2.05, 4.69) is 5.32 Å². The van der Waals surface area contributed by atoms with Crippen LogP contribution in [-0.4, -0.2) is 29.8 Å². The van der Waals surface area contributed by atoms with Crippen LogP contribution in [0, 0.1) is 17.5 Å². The van der Waals surface area contributed by atoms with Gasteiger partial charge in [-0.3, -0.25) is 0 Å². The van der Waals surface area contributed by atoms with E-state index in [-0.39, 0.29) is 12.5 Å². The Kier molecular flexibility index (Phi) is 5.85. The molecule has 0 aliphatic heterocycles. The molecule has 0 fully saturated rings. The fourth-order valence-electron chi connectivity index (χ4n) is 3.95. The number of benzene rings is 3. The van der Waals surface area contributed by atoms with Crippen LogP contribution >= 0.6 is 0 Å². The SMILES string of the molecule is O=C(N[C@@H](Cc1c(F)cc(F)cc1F)C(=O)O)OCC1c2ccccc2-c2ccccc21. The Balaban J connectivity index is 1.46. The van der Waals surface area contributed by atoms with Gasteiger partial charge in [0.1, 0.15) is 30.1 Å². The van der Waals surface area contributed by atoms with Gasteiger partial charge in [-0.1, -0.05) is 48.5 Å². The summed E-state index contributed by atoms with van der Waals surface area (Å²) < 4.78 is 46.1. The van der Waals surface area contributed by atoms with Crippen LogP contribution in [-0.2, 0) is 16.0 Å². The number of carboxylic acid groups (broad SMARTS) is 1. The van der Waals surface area contributed by atoms with E-state index in [1.54, 1.807) is 0 Å². The average molecular weight is 441 g/mol. The Morgan fingerprint density at radius 2 is 1.47 bits per heavy atom. The molecule has 0 unspecified atom stereocenters. The highest BCUT2D eigenvalue weighted by atomic mass is 19.1. The molecular weight excluding hydrogens is 423 g/mol. The van der Waals surface area contributed by atoms with Gasteiger partial charge in [-0.05, 0) is 22.3 Å². The first kappa shape index (κ1) is 21.4. The van der Waals surface area contributed by atoms with E-state index in [1.807, 2.05) is 48.5 Å². The molecule has 0 saturated heterocycles. The summed E-state index contributed by atoms with van der Waals surface area (Å²) in [5.74, 6) is -5.34. The lowest BCUT2D eigenvalue weighted by Crippen LogP contribution is -2.43. The Morgan fingerprint density at radius 3 is 2.00 bits per heavy atom. The number of rotatable bonds is 6. The van der Waals surface area contributed by atoms with E-state index in [0.29, 0.717) is 12.1 Å².